The van der Waals surface area contributed by atoms with Gasteiger partial charge in [-0.1, -0.05) is 0 Å². The van der Waals surface area contributed by atoms with E-state index in [0.29, 0.717) is 0 Å². The molecule has 0 saturated carbocycles. The molecule has 0 atom stereocenters. The van der Waals surface area contributed by atoms with Gasteiger partial charge in [0.1, 0.15) is 0 Å². The predicted octanol–water partition coefficient (Wildman–Crippen LogP) is -4.39. The van der Waals surface area contributed by atoms with Crippen LogP contribution < -0.4 is 19.6 Å². The molecule has 0 aliphatic rings. The first-order valence-electron chi connectivity index (χ1n) is 1.50. The van der Waals surface area contributed by atoms with Gasteiger partial charge in [-0.05, 0) is 0 Å². The van der Waals surface area contributed by atoms with Gasteiger partial charge in [-0.15, -0.1) is 0 Å². The van der Waals surface area contributed by atoms with Crippen LogP contribution in [0, 0.1) is 0 Å². The molecule has 0 radical (unpaired) electrons. The number of hydrogen-bond donors (Lipinski definition) is 2. The van der Waals surface area contributed by atoms with Crippen LogP contribution in [-0.4, -0.2) is 9.79 Å². The molecular formula is H2O8P2Zr-4. The topological polar surface area (TPSA) is 167 Å². The Balaban J connectivity index is -0.000000107. The molecule has 0 aromatic carbocycles. The van der Waals surface area contributed by atoms with Gasteiger partial charge in [0.15, 0.2) is 0 Å². The monoisotopic (exact) mass is 282 g/mol. The van der Waals surface area contributed by atoms with Crippen molar-refractivity contribution in [1.29, 1.82) is 0 Å². The van der Waals surface area contributed by atoms with Crippen LogP contribution in [0.1, 0.15) is 0 Å². The van der Waals surface area contributed by atoms with Crippen LogP contribution in [0.15, 0.2) is 0 Å². The van der Waals surface area contributed by atoms with E-state index in [1.165, 1.54) is 0 Å². The van der Waals surface area contributed by atoms with Crippen molar-refractivity contribution in [2.75, 3.05) is 0 Å². The Morgan fingerprint density at radius 1 is 0.818 bits per heavy atom. The van der Waals surface area contributed by atoms with Crippen LogP contribution >= 0.6 is 15.6 Å². The maximum absolute atomic E-state index is 8.66. The summed E-state index contributed by atoms with van der Waals surface area (Å²) in [5.74, 6) is 0. The second-order valence-electron chi connectivity index (χ2n) is 0.937. The van der Waals surface area contributed by atoms with Gasteiger partial charge in [-0.3, -0.25) is 0 Å². The minimum Gasteiger partial charge on any atom is -0.790 e. The summed E-state index contributed by atoms with van der Waals surface area (Å²) in [6, 6.07) is 0. The van der Waals surface area contributed by atoms with Gasteiger partial charge in [0.25, 0.3) is 0 Å². The Morgan fingerprint density at radius 3 is 0.818 bits per heavy atom. The molecule has 2 N–H and O–H groups in total. The van der Waals surface area contributed by atoms with E-state index < -0.39 is 15.6 Å². The van der Waals surface area contributed by atoms with E-state index in [9.17, 15) is 0 Å². The van der Waals surface area contributed by atoms with Crippen molar-refractivity contribution in [3.63, 3.8) is 0 Å². The van der Waals surface area contributed by atoms with Crippen molar-refractivity contribution in [2.45, 2.75) is 0 Å². The Kier molecular flexibility index (Phi) is 10.8. The average Bonchev–Trinajstić information content (AvgIpc) is 1.12. The molecule has 0 saturated heterocycles. The summed E-state index contributed by atoms with van der Waals surface area (Å²) in [6.07, 6.45) is 0. The summed E-state index contributed by atoms with van der Waals surface area (Å²) in [5, 5.41) is 0. The summed E-state index contributed by atoms with van der Waals surface area (Å²) in [5.41, 5.74) is 0. The first kappa shape index (κ1) is 18.0. The quantitative estimate of drug-likeness (QED) is 0.420. The smallest absolute Gasteiger partial charge is 0.0557 e. The summed E-state index contributed by atoms with van der Waals surface area (Å²) in [6.45, 7) is 0. The molecule has 0 amide bonds. The molecule has 0 fully saturated rings. The van der Waals surface area contributed by atoms with E-state index in [2.05, 4.69) is 0 Å². The Bertz CT molecular complexity index is 124. The fourth-order valence-corrected chi connectivity index (χ4v) is 0. The van der Waals surface area contributed by atoms with Crippen molar-refractivity contribution < 1.29 is 64.7 Å². The average molecular weight is 283 g/mol. The standard InChI is InChI=1S/2H3O4P.Zr/c2*1-5(2,3)4;/h2*(H3,1,2,3,4);/p-4. The fourth-order valence-electron chi connectivity index (χ4n) is 0. The Labute approximate surface area is 80.5 Å². The minimum atomic E-state index is -5.14. The summed E-state index contributed by atoms with van der Waals surface area (Å²) >= 11 is 0. The van der Waals surface area contributed by atoms with Crippen molar-refractivity contribution >= 4 is 15.6 Å². The van der Waals surface area contributed by atoms with E-state index in [0.717, 1.165) is 0 Å². The van der Waals surface area contributed by atoms with Crippen LogP contribution in [0.2, 0.25) is 0 Å². The van der Waals surface area contributed by atoms with Crippen LogP contribution in [0.25, 0.3) is 0 Å². The second-order valence-corrected chi connectivity index (χ2v) is 2.81. The predicted molar refractivity (Wildman–Crippen MR) is 19.7 cm³/mol. The summed E-state index contributed by atoms with van der Waals surface area (Å²) in [4.78, 5) is 48.6. The molecule has 0 heterocycles. The van der Waals surface area contributed by atoms with Crippen LogP contribution in [0.4, 0.5) is 0 Å². The normalized spacial score (nSPS) is 10.7. The van der Waals surface area contributed by atoms with E-state index in [-0.39, 0.29) is 26.2 Å². The summed E-state index contributed by atoms with van der Waals surface area (Å²) in [7, 11) is -10.3. The molecule has 0 aromatic heterocycles. The molecule has 0 aromatic rings. The molecule has 11 heteroatoms. The Hall–Kier alpha value is 1.10. The van der Waals surface area contributed by atoms with E-state index in [4.69, 9.17) is 38.5 Å². The minimum absolute atomic E-state index is 0. The van der Waals surface area contributed by atoms with E-state index >= 15 is 0 Å². The molecule has 68 valence electrons. The largest absolute Gasteiger partial charge is 0.790 e. The molecule has 8 nitrogen and oxygen atoms in total. The van der Waals surface area contributed by atoms with Crippen LogP contribution in [0.3, 0.4) is 0 Å². The first-order chi connectivity index (χ1) is 4.00. The van der Waals surface area contributed by atoms with Crippen LogP contribution in [0.5, 0.6) is 0 Å². The second kappa shape index (κ2) is 6.60. The number of hydrogen-bond acceptors (Lipinski definition) is 6. The Morgan fingerprint density at radius 2 is 0.818 bits per heavy atom. The fraction of sp³-hybridized carbons (Fsp3) is 0. The van der Waals surface area contributed by atoms with Gasteiger partial charge in [-0.25, -0.2) is 0 Å². The van der Waals surface area contributed by atoms with Gasteiger partial charge in [0, 0.05) is 26.2 Å². The molecule has 0 rings (SSSR count). The molecule has 0 unspecified atom stereocenters. The van der Waals surface area contributed by atoms with Gasteiger partial charge < -0.3 is 38.5 Å². The van der Waals surface area contributed by atoms with Gasteiger partial charge in [-0.2, -0.15) is 0 Å². The van der Waals surface area contributed by atoms with Gasteiger partial charge >= 0.3 is 0 Å². The SMILES string of the molecule is O=P([O-])([O-])O.O=P([O-])([O-])O.[Zr]. The maximum atomic E-state index is 8.66. The molecule has 0 spiro atoms. The van der Waals surface area contributed by atoms with Crippen LogP contribution in [-0.2, 0) is 35.3 Å². The number of phosphoric acid groups is 2. The third-order valence-corrected chi connectivity index (χ3v) is 0. The van der Waals surface area contributed by atoms with Crippen molar-refractivity contribution in [3.8, 4) is 0 Å². The molecule has 0 aliphatic heterocycles. The zero-order chi connectivity index (χ0) is 9.00. The van der Waals surface area contributed by atoms with Crippen molar-refractivity contribution in [2.24, 2.45) is 0 Å². The van der Waals surface area contributed by atoms with E-state index in [1.807, 2.05) is 0 Å². The van der Waals surface area contributed by atoms with Crippen molar-refractivity contribution in [3.05, 3.63) is 0 Å². The third kappa shape index (κ3) is 756. The summed E-state index contributed by atoms with van der Waals surface area (Å²) < 4.78 is 17.3. The number of rotatable bonds is 0. The molecular weight excluding hydrogens is 281 g/mol. The first-order valence-corrected chi connectivity index (χ1v) is 4.49. The zero-order valence-corrected chi connectivity index (χ0v) is 8.99. The van der Waals surface area contributed by atoms with Crippen molar-refractivity contribution in [1.82, 2.24) is 0 Å². The zero-order valence-electron chi connectivity index (χ0n) is 4.74. The van der Waals surface area contributed by atoms with E-state index in [1.54, 1.807) is 0 Å². The molecule has 0 bridgehead atoms. The van der Waals surface area contributed by atoms with Gasteiger partial charge in [0.2, 0.25) is 0 Å². The van der Waals surface area contributed by atoms with Gasteiger partial charge in [0.05, 0.1) is 15.6 Å². The maximum Gasteiger partial charge on any atom is 0.0557 e. The molecule has 11 heavy (non-hydrogen) atoms. The third-order valence-electron chi connectivity index (χ3n) is 0. The molecule has 0 aliphatic carbocycles.